The van der Waals surface area contributed by atoms with Gasteiger partial charge in [0.25, 0.3) is 0 Å². The highest BCUT2D eigenvalue weighted by Crippen LogP contribution is 2.29. The first-order valence-electron chi connectivity index (χ1n) is 10.6. The third kappa shape index (κ3) is 6.49. The minimum Gasteiger partial charge on any atom is -0.487 e. The predicted octanol–water partition coefficient (Wildman–Crippen LogP) is 2.25. The van der Waals surface area contributed by atoms with Crippen LogP contribution in [-0.4, -0.2) is 70.0 Å². The number of piperidine rings is 1. The fourth-order valence-electron chi connectivity index (χ4n) is 3.89. The second-order valence-corrected chi connectivity index (χ2v) is 8.10. The molecule has 1 saturated heterocycles. The van der Waals surface area contributed by atoms with E-state index in [0.717, 1.165) is 12.1 Å². The van der Waals surface area contributed by atoms with E-state index in [1.807, 2.05) is 4.90 Å². The summed E-state index contributed by atoms with van der Waals surface area (Å²) in [6.45, 7) is 1.52. The zero-order valence-electron chi connectivity index (χ0n) is 18.2. The first-order chi connectivity index (χ1) is 16.6. The Morgan fingerprint density at radius 1 is 1.31 bits per heavy atom. The molecule has 1 aromatic carbocycles. The largest absolute Gasteiger partial charge is 0.573 e. The van der Waals surface area contributed by atoms with Crippen LogP contribution in [0.2, 0.25) is 0 Å². The number of nitrogens with zero attached hydrogens (tertiary/aromatic N) is 4. The number of fused-ring (bicyclic) bond motifs is 1. The summed E-state index contributed by atoms with van der Waals surface area (Å²) in [6.07, 6.45) is -3.05. The van der Waals surface area contributed by atoms with Crippen molar-refractivity contribution in [2.45, 2.75) is 37.9 Å². The molecule has 1 N–H and O–H groups in total. The lowest BCUT2D eigenvalue weighted by molar-refractivity contribution is -0.389. The zero-order valence-corrected chi connectivity index (χ0v) is 18.2. The molecule has 0 aliphatic carbocycles. The Morgan fingerprint density at radius 3 is 2.71 bits per heavy atom. The molecule has 1 amide bonds. The Bertz CT molecular complexity index is 1090. The van der Waals surface area contributed by atoms with Crippen LogP contribution < -0.4 is 19.5 Å². The summed E-state index contributed by atoms with van der Waals surface area (Å²) in [5.41, 5.74) is 0. The molecule has 0 spiro atoms. The topological polar surface area (TPSA) is 121 Å². The third-order valence-electron chi connectivity index (χ3n) is 5.44. The summed E-state index contributed by atoms with van der Waals surface area (Å²) >= 11 is 0. The highest BCUT2D eigenvalue weighted by Gasteiger charge is 2.32. The summed E-state index contributed by atoms with van der Waals surface area (Å²) in [7, 11) is 0. The Balaban J connectivity index is 1.21. The smallest absolute Gasteiger partial charge is 0.487 e. The van der Waals surface area contributed by atoms with Crippen LogP contribution >= 0.6 is 0 Å². The molecule has 1 aromatic heterocycles. The Labute approximate surface area is 195 Å². The number of hydrogen-bond donors (Lipinski definition) is 1. The molecule has 190 valence electrons. The average molecular weight is 503 g/mol. The lowest BCUT2D eigenvalue weighted by atomic mass is 10.1. The molecule has 4 rings (SSSR count). The number of halogens is 4. The molecule has 0 saturated carbocycles. The zero-order chi connectivity index (χ0) is 25.2. The van der Waals surface area contributed by atoms with Crippen molar-refractivity contribution in [1.82, 2.24) is 19.8 Å². The number of alkyl halides is 3. The number of benzene rings is 1. The van der Waals surface area contributed by atoms with E-state index in [0.29, 0.717) is 32.0 Å². The van der Waals surface area contributed by atoms with Gasteiger partial charge < -0.3 is 29.6 Å². The van der Waals surface area contributed by atoms with Crippen molar-refractivity contribution in [3.05, 3.63) is 40.3 Å². The summed E-state index contributed by atoms with van der Waals surface area (Å²) in [5, 5.41) is 13.7. The van der Waals surface area contributed by atoms with Crippen LogP contribution in [0, 0.1) is 15.9 Å². The molecule has 0 bridgehead atoms. The van der Waals surface area contributed by atoms with E-state index in [1.165, 1.54) is 10.8 Å². The highest BCUT2D eigenvalue weighted by atomic mass is 19.4. The molecule has 3 heterocycles. The third-order valence-corrected chi connectivity index (χ3v) is 5.44. The molecule has 0 radical (unpaired) electrons. The Morgan fingerprint density at radius 2 is 2.06 bits per heavy atom. The maximum absolute atomic E-state index is 14.1. The Kier molecular flexibility index (Phi) is 6.95. The van der Waals surface area contributed by atoms with Crippen LogP contribution in [0.15, 0.2) is 24.4 Å². The fraction of sp³-hybridized carbons (Fsp3) is 0.500. The van der Waals surface area contributed by atoms with Gasteiger partial charge in [-0.15, -0.1) is 13.2 Å². The number of nitrogens with one attached hydrogen (secondary N) is 1. The number of carbonyl (C=O) groups is 1. The van der Waals surface area contributed by atoms with E-state index in [4.69, 9.17) is 9.47 Å². The van der Waals surface area contributed by atoms with Crippen molar-refractivity contribution in [3.8, 4) is 17.5 Å². The van der Waals surface area contributed by atoms with Crippen molar-refractivity contribution >= 4 is 11.7 Å². The van der Waals surface area contributed by atoms with E-state index in [9.17, 15) is 32.5 Å². The molecule has 15 heteroatoms. The SMILES string of the molecule is O=C(CN1CCC(Oc2ccc(OC(F)(F)F)cc2F)CC1)NC1COc2nc([N+](=O)[O-])cn2C1. The van der Waals surface area contributed by atoms with Crippen LogP contribution in [0.5, 0.6) is 17.5 Å². The van der Waals surface area contributed by atoms with Crippen molar-refractivity contribution < 1.29 is 41.5 Å². The predicted molar refractivity (Wildman–Crippen MR) is 109 cm³/mol. The van der Waals surface area contributed by atoms with Crippen LogP contribution in [-0.2, 0) is 11.3 Å². The summed E-state index contributed by atoms with van der Waals surface area (Å²) < 4.78 is 67.0. The number of nitro groups is 1. The van der Waals surface area contributed by atoms with Gasteiger partial charge in [-0.1, -0.05) is 0 Å². The van der Waals surface area contributed by atoms with Crippen molar-refractivity contribution in [2.24, 2.45) is 0 Å². The van der Waals surface area contributed by atoms with Gasteiger partial charge in [-0.25, -0.2) is 4.39 Å². The van der Waals surface area contributed by atoms with Gasteiger partial charge >= 0.3 is 18.2 Å². The summed E-state index contributed by atoms with van der Waals surface area (Å²) in [6, 6.07) is 2.43. The number of imidazole rings is 1. The van der Waals surface area contributed by atoms with Crippen molar-refractivity contribution in [3.63, 3.8) is 0 Å². The summed E-state index contributed by atoms with van der Waals surface area (Å²) in [5.74, 6) is -2.39. The van der Waals surface area contributed by atoms with Gasteiger partial charge in [-0.2, -0.15) is 0 Å². The minimum atomic E-state index is -4.92. The molecule has 2 aromatic rings. The highest BCUT2D eigenvalue weighted by molar-refractivity contribution is 5.78. The first-order valence-corrected chi connectivity index (χ1v) is 10.6. The molecule has 35 heavy (non-hydrogen) atoms. The number of hydrogen-bond acceptors (Lipinski definition) is 8. The quantitative estimate of drug-likeness (QED) is 0.347. The maximum Gasteiger partial charge on any atom is 0.573 e. The number of ether oxygens (including phenoxy) is 3. The lowest BCUT2D eigenvalue weighted by Crippen LogP contribution is -2.49. The van der Waals surface area contributed by atoms with Crippen LogP contribution in [0.3, 0.4) is 0 Å². The van der Waals surface area contributed by atoms with Gasteiger partial charge in [-0.3, -0.25) is 14.3 Å². The monoisotopic (exact) mass is 503 g/mol. The first kappa shape index (κ1) is 24.5. The molecular formula is C20H21F4N5O6. The van der Waals surface area contributed by atoms with E-state index < -0.39 is 22.9 Å². The van der Waals surface area contributed by atoms with Gasteiger partial charge in [0.05, 0.1) is 19.1 Å². The number of rotatable bonds is 7. The van der Waals surface area contributed by atoms with Gasteiger partial charge in [0.1, 0.15) is 24.7 Å². The number of carbonyl (C=O) groups excluding carboxylic acids is 1. The van der Waals surface area contributed by atoms with E-state index in [-0.39, 0.29) is 55.3 Å². The van der Waals surface area contributed by atoms with Gasteiger partial charge in [0.15, 0.2) is 11.6 Å². The maximum atomic E-state index is 14.1. The second kappa shape index (κ2) is 9.93. The average Bonchev–Trinajstić information content (AvgIpc) is 3.20. The van der Waals surface area contributed by atoms with Crippen LogP contribution in [0.1, 0.15) is 12.8 Å². The normalized spacial score (nSPS) is 18.9. The van der Waals surface area contributed by atoms with Crippen molar-refractivity contribution in [1.29, 1.82) is 0 Å². The molecular weight excluding hydrogens is 482 g/mol. The van der Waals surface area contributed by atoms with Crippen LogP contribution in [0.25, 0.3) is 0 Å². The van der Waals surface area contributed by atoms with Gasteiger partial charge in [0, 0.05) is 24.1 Å². The molecule has 1 atom stereocenters. The van der Waals surface area contributed by atoms with Crippen molar-refractivity contribution in [2.75, 3.05) is 26.2 Å². The van der Waals surface area contributed by atoms with E-state index >= 15 is 0 Å². The molecule has 2 aliphatic rings. The fourth-order valence-corrected chi connectivity index (χ4v) is 3.89. The molecule has 1 unspecified atom stereocenters. The lowest BCUT2D eigenvalue weighted by Gasteiger charge is -2.32. The van der Waals surface area contributed by atoms with Crippen LogP contribution in [0.4, 0.5) is 23.4 Å². The van der Waals surface area contributed by atoms with Gasteiger partial charge in [0.2, 0.25) is 5.91 Å². The number of aromatic nitrogens is 2. The number of amides is 1. The van der Waals surface area contributed by atoms with Gasteiger partial charge in [-0.05, 0) is 29.9 Å². The van der Waals surface area contributed by atoms with E-state index in [1.54, 1.807) is 0 Å². The summed E-state index contributed by atoms with van der Waals surface area (Å²) in [4.78, 5) is 28.3. The minimum absolute atomic E-state index is 0.109. The molecule has 2 aliphatic heterocycles. The second-order valence-electron chi connectivity index (χ2n) is 8.10. The molecule has 11 nitrogen and oxygen atoms in total. The Hall–Kier alpha value is -3.62. The standard InChI is InChI=1S/C20H21F4N5O6/c21-15-7-14(35-20(22,23)24)1-2-16(15)34-13-3-5-27(6-4-13)10-18(30)25-12-8-28-9-17(29(31)32)26-19(28)33-11-12/h1-2,7,9,12-13H,3-6,8,10-11H2,(H,25,30). The van der Waals surface area contributed by atoms with E-state index in [2.05, 4.69) is 15.0 Å². The molecule has 1 fully saturated rings. The number of likely N-dealkylation sites (tertiary alicyclic amines) is 1.